The third-order valence-electron chi connectivity index (χ3n) is 2.03. The van der Waals surface area contributed by atoms with Crippen molar-refractivity contribution >= 4 is 0 Å². The van der Waals surface area contributed by atoms with Crippen LogP contribution in [0.5, 0.6) is 0 Å². The zero-order valence-electron chi connectivity index (χ0n) is 12.3. The summed E-state index contributed by atoms with van der Waals surface area (Å²) in [6.07, 6.45) is 8.61. The largest absolute Gasteiger partial charge is 0.396 e. The van der Waals surface area contributed by atoms with E-state index in [9.17, 15) is 8.78 Å². The van der Waals surface area contributed by atoms with Crippen LogP contribution < -0.4 is 0 Å². The maximum atomic E-state index is 13.2. The predicted molar refractivity (Wildman–Crippen MR) is 78.7 cm³/mol. The molecule has 0 unspecified atom stereocenters. The van der Waals surface area contributed by atoms with Gasteiger partial charge in [0, 0.05) is 19.6 Å². The van der Waals surface area contributed by atoms with Gasteiger partial charge in [0.15, 0.2) is 0 Å². The Morgan fingerprint density at radius 1 is 1.19 bits per heavy atom. The number of aliphatic hydroxyl groups is 2. The average molecular weight is 297 g/mol. The van der Waals surface area contributed by atoms with Crippen LogP contribution >= 0.6 is 0 Å². The molecule has 3 nitrogen and oxygen atoms in total. The summed E-state index contributed by atoms with van der Waals surface area (Å²) in [6.45, 7) is 3.03. The first-order chi connectivity index (χ1) is 9.82. The summed E-state index contributed by atoms with van der Waals surface area (Å²) < 4.78 is 26.2. The van der Waals surface area contributed by atoms with Gasteiger partial charge < -0.3 is 10.2 Å². The van der Waals surface area contributed by atoms with E-state index >= 15 is 0 Å². The fourth-order valence-corrected chi connectivity index (χ4v) is 1.37. The van der Waals surface area contributed by atoms with E-state index in [2.05, 4.69) is 12.8 Å². The van der Waals surface area contributed by atoms with E-state index in [0.717, 1.165) is 6.07 Å². The van der Waals surface area contributed by atoms with Gasteiger partial charge in [-0.1, -0.05) is 0 Å². The Bertz CT molecular complexity index is 458. The zero-order chi connectivity index (χ0) is 16.9. The Hall–Kier alpha value is -1.95. The minimum absolute atomic E-state index is 0.0938. The minimum Gasteiger partial charge on any atom is -0.396 e. The van der Waals surface area contributed by atoms with Gasteiger partial charge in [0.1, 0.15) is 11.5 Å². The molecule has 2 N–H and O–H groups in total. The lowest BCUT2D eigenvalue weighted by molar-refractivity contribution is 0.217. The highest BCUT2D eigenvalue weighted by molar-refractivity contribution is 5.34. The van der Waals surface area contributed by atoms with Gasteiger partial charge in [-0.2, -0.15) is 5.26 Å². The van der Waals surface area contributed by atoms with Gasteiger partial charge in [-0.15, -0.1) is 12.8 Å². The molecule has 0 aliphatic heterocycles. The summed E-state index contributed by atoms with van der Waals surface area (Å²) >= 11 is 0. The molecule has 0 radical (unpaired) electrons. The highest BCUT2D eigenvalue weighted by Gasteiger charge is 2.16. The molecule has 0 atom stereocenters. The van der Waals surface area contributed by atoms with Gasteiger partial charge in [-0.05, 0) is 44.0 Å². The first-order valence-electron chi connectivity index (χ1n) is 6.26. The third kappa shape index (κ3) is 12.8. The van der Waals surface area contributed by atoms with Gasteiger partial charge in [0.2, 0.25) is 0 Å². The van der Waals surface area contributed by atoms with E-state index in [1.807, 2.05) is 6.07 Å². The smallest absolute Gasteiger partial charge is 0.124 e. The van der Waals surface area contributed by atoms with E-state index in [1.165, 1.54) is 26.0 Å². The maximum absolute atomic E-state index is 13.2. The van der Waals surface area contributed by atoms with Crippen LogP contribution in [0.15, 0.2) is 18.2 Å². The number of halogens is 2. The van der Waals surface area contributed by atoms with Gasteiger partial charge >= 0.3 is 0 Å². The van der Waals surface area contributed by atoms with E-state index in [-0.39, 0.29) is 25.2 Å². The van der Waals surface area contributed by atoms with Gasteiger partial charge in [-0.3, -0.25) is 0 Å². The molecular weight excluding hydrogens is 276 g/mol. The van der Waals surface area contributed by atoms with E-state index in [4.69, 9.17) is 15.5 Å². The van der Waals surface area contributed by atoms with Crippen molar-refractivity contribution in [2.45, 2.75) is 32.4 Å². The van der Waals surface area contributed by atoms with E-state index in [1.54, 1.807) is 0 Å². The normalized spacial score (nSPS) is 9.48. The number of rotatable bonds is 4. The molecule has 0 fully saturated rings. The number of hydrogen-bond acceptors (Lipinski definition) is 3. The second-order valence-electron chi connectivity index (χ2n) is 4.66. The van der Waals surface area contributed by atoms with Crippen molar-refractivity contribution in [1.82, 2.24) is 0 Å². The molecule has 0 saturated heterocycles. The molecule has 0 aliphatic rings. The van der Waals surface area contributed by atoms with Crippen LogP contribution in [-0.2, 0) is 6.42 Å². The van der Waals surface area contributed by atoms with Crippen molar-refractivity contribution in [2.24, 2.45) is 0 Å². The highest BCUT2D eigenvalue weighted by atomic mass is 19.1. The first kappa shape index (κ1) is 21.4. The average Bonchev–Trinajstić information content (AvgIpc) is 2.40. The van der Waals surface area contributed by atoms with Gasteiger partial charge in [0.05, 0.1) is 11.6 Å². The second-order valence-corrected chi connectivity index (χ2v) is 4.66. The number of nitrogens with zero attached hydrogens (tertiary/aromatic N) is 1. The number of alkyl halides is 1. The fourth-order valence-electron chi connectivity index (χ4n) is 1.37. The van der Waals surface area contributed by atoms with Crippen LogP contribution in [0.3, 0.4) is 0 Å². The summed E-state index contributed by atoms with van der Waals surface area (Å²) in [5, 5.41) is 24.4. The Labute approximate surface area is 124 Å². The topological polar surface area (TPSA) is 64.2 Å². The lowest BCUT2D eigenvalue weighted by Crippen LogP contribution is -2.15. The quantitative estimate of drug-likeness (QED) is 0.840. The van der Waals surface area contributed by atoms with Crippen molar-refractivity contribution in [2.75, 3.05) is 13.2 Å². The molecule has 1 rings (SSSR count). The molecule has 1 aromatic rings. The SMILES string of the molecule is C#C.CC(C)(F)Cc1cc(F)cc(C#N)c1.OCCCO. The van der Waals surface area contributed by atoms with Gasteiger partial charge in [-0.25, -0.2) is 8.78 Å². The fraction of sp³-hybridized carbons (Fsp3) is 0.438. The molecule has 116 valence electrons. The molecule has 0 spiro atoms. The van der Waals surface area contributed by atoms with Crippen molar-refractivity contribution in [3.05, 3.63) is 35.1 Å². The molecule has 0 heterocycles. The minimum atomic E-state index is -1.39. The number of benzene rings is 1. The van der Waals surface area contributed by atoms with Crippen LogP contribution in [0.2, 0.25) is 0 Å². The van der Waals surface area contributed by atoms with Crippen LogP contribution in [0.1, 0.15) is 31.4 Å². The molecule has 0 saturated carbocycles. The molecule has 0 bridgehead atoms. The summed E-state index contributed by atoms with van der Waals surface area (Å²) in [7, 11) is 0. The number of nitriles is 1. The molecule has 0 aliphatic carbocycles. The van der Waals surface area contributed by atoms with Crippen LogP contribution in [0.25, 0.3) is 0 Å². The third-order valence-corrected chi connectivity index (χ3v) is 2.03. The van der Waals surface area contributed by atoms with Crippen molar-refractivity contribution in [1.29, 1.82) is 5.26 Å². The van der Waals surface area contributed by atoms with Crippen LogP contribution in [-0.4, -0.2) is 29.1 Å². The zero-order valence-corrected chi connectivity index (χ0v) is 12.3. The van der Waals surface area contributed by atoms with Crippen molar-refractivity contribution in [3.8, 4) is 18.9 Å². The predicted octanol–water partition coefficient (Wildman–Crippen LogP) is 2.60. The molecule has 1 aromatic carbocycles. The molecule has 0 aromatic heterocycles. The first-order valence-corrected chi connectivity index (χ1v) is 6.26. The van der Waals surface area contributed by atoms with Crippen LogP contribution in [0.4, 0.5) is 8.78 Å². The van der Waals surface area contributed by atoms with Crippen molar-refractivity contribution < 1.29 is 19.0 Å². The maximum Gasteiger partial charge on any atom is 0.124 e. The second kappa shape index (κ2) is 11.8. The summed E-state index contributed by atoms with van der Waals surface area (Å²) in [4.78, 5) is 0. The molecule has 0 amide bonds. The standard InChI is InChI=1S/C11H11F2N.C3H8O2.C2H2/c1-11(2,13)6-8-3-9(7-14)5-10(12)4-8;4-2-1-3-5;1-2/h3-5H,6H2,1-2H3;4-5H,1-3H2;1-2H. The highest BCUT2D eigenvalue weighted by Crippen LogP contribution is 2.18. The summed E-state index contributed by atoms with van der Waals surface area (Å²) in [5.74, 6) is -0.497. The number of hydrogen-bond donors (Lipinski definition) is 2. The summed E-state index contributed by atoms with van der Waals surface area (Å²) in [6, 6.07) is 5.72. The summed E-state index contributed by atoms with van der Waals surface area (Å²) in [5.41, 5.74) is -0.654. The van der Waals surface area contributed by atoms with E-state index in [0.29, 0.717) is 12.0 Å². The lowest BCUT2D eigenvalue weighted by atomic mass is 9.99. The monoisotopic (exact) mass is 297 g/mol. The molecule has 21 heavy (non-hydrogen) atoms. The molecule has 5 heteroatoms. The van der Waals surface area contributed by atoms with Crippen LogP contribution in [0, 0.1) is 30.0 Å². The number of terminal acetylenes is 1. The van der Waals surface area contributed by atoms with Crippen molar-refractivity contribution in [3.63, 3.8) is 0 Å². The Kier molecular flexibility index (Phi) is 12.0. The Morgan fingerprint density at radius 3 is 2.05 bits per heavy atom. The number of aliphatic hydroxyl groups excluding tert-OH is 2. The Balaban J connectivity index is 0. The molecular formula is C16H21F2NO2. The lowest BCUT2D eigenvalue weighted by Gasteiger charge is -2.13. The van der Waals surface area contributed by atoms with E-state index < -0.39 is 11.5 Å². The Morgan fingerprint density at radius 2 is 1.71 bits per heavy atom. The van der Waals surface area contributed by atoms with Gasteiger partial charge in [0.25, 0.3) is 0 Å².